The molecule has 0 fully saturated rings. The maximum absolute atomic E-state index is 13.4. The smallest absolute Gasteiger partial charge is 0.234 e. The van der Waals surface area contributed by atoms with Gasteiger partial charge in [0, 0.05) is 37.1 Å². The second kappa shape index (κ2) is 9.04. The van der Waals surface area contributed by atoms with E-state index in [4.69, 9.17) is 9.47 Å². The highest BCUT2D eigenvalue weighted by Crippen LogP contribution is 2.32. The summed E-state index contributed by atoms with van der Waals surface area (Å²) in [6.07, 6.45) is 2.28. The van der Waals surface area contributed by atoms with Crippen molar-refractivity contribution in [3.63, 3.8) is 0 Å². The number of benzene rings is 2. The fraction of sp³-hybridized carbons (Fsp3) is 0.217. The van der Waals surface area contributed by atoms with E-state index in [1.165, 1.54) is 0 Å². The molecule has 0 spiro atoms. The molecule has 0 saturated carbocycles. The van der Waals surface area contributed by atoms with Gasteiger partial charge in [0.1, 0.15) is 0 Å². The summed E-state index contributed by atoms with van der Waals surface area (Å²) in [6.45, 7) is 0. The lowest BCUT2D eigenvalue weighted by Crippen LogP contribution is -2.33. The monoisotopic (exact) mass is 376 g/mol. The van der Waals surface area contributed by atoms with Gasteiger partial charge in [-0.2, -0.15) is 0 Å². The first kappa shape index (κ1) is 19.4. The summed E-state index contributed by atoms with van der Waals surface area (Å²) < 4.78 is 10.7. The highest BCUT2D eigenvalue weighted by Gasteiger charge is 2.26. The highest BCUT2D eigenvalue weighted by atomic mass is 16.5. The number of carbonyl (C=O) groups is 1. The Morgan fingerprint density at radius 1 is 0.964 bits per heavy atom. The number of amides is 1. The molecular weight excluding hydrogens is 352 g/mol. The van der Waals surface area contributed by atoms with Crippen LogP contribution in [0.1, 0.15) is 17.2 Å². The van der Waals surface area contributed by atoms with Crippen LogP contribution in [0.25, 0.3) is 0 Å². The van der Waals surface area contributed by atoms with Gasteiger partial charge in [-0.25, -0.2) is 0 Å². The van der Waals surface area contributed by atoms with Crippen LogP contribution in [0, 0.1) is 0 Å². The zero-order valence-corrected chi connectivity index (χ0v) is 16.3. The van der Waals surface area contributed by atoms with Crippen molar-refractivity contribution in [1.82, 2.24) is 4.98 Å². The highest BCUT2D eigenvalue weighted by molar-refractivity contribution is 5.98. The van der Waals surface area contributed by atoms with Gasteiger partial charge in [0.2, 0.25) is 5.91 Å². The van der Waals surface area contributed by atoms with E-state index in [1.807, 2.05) is 54.6 Å². The van der Waals surface area contributed by atoms with Gasteiger partial charge < -0.3 is 14.4 Å². The molecule has 0 saturated heterocycles. The Morgan fingerprint density at radius 3 is 2.32 bits per heavy atom. The topological polar surface area (TPSA) is 51.7 Å². The van der Waals surface area contributed by atoms with E-state index in [0.29, 0.717) is 17.9 Å². The minimum Gasteiger partial charge on any atom is -0.493 e. The van der Waals surface area contributed by atoms with Crippen LogP contribution in [0.4, 0.5) is 5.69 Å². The molecule has 3 rings (SSSR count). The van der Waals surface area contributed by atoms with Crippen LogP contribution in [-0.2, 0) is 11.2 Å². The summed E-state index contributed by atoms with van der Waals surface area (Å²) in [5.74, 6) is 0.860. The molecule has 0 N–H and O–H groups in total. The van der Waals surface area contributed by atoms with Crippen LogP contribution < -0.4 is 14.4 Å². The van der Waals surface area contributed by atoms with Gasteiger partial charge in [-0.3, -0.25) is 9.78 Å². The summed E-state index contributed by atoms with van der Waals surface area (Å²) in [6, 6.07) is 21.0. The summed E-state index contributed by atoms with van der Waals surface area (Å²) in [5, 5.41) is 0. The average Bonchev–Trinajstić information content (AvgIpc) is 2.77. The van der Waals surface area contributed by atoms with Crippen molar-refractivity contribution in [2.45, 2.75) is 12.3 Å². The van der Waals surface area contributed by atoms with E-state index in [9.17, 15) is 4.79 Å². The molecule has 1 unspecified atom stereocenters. The largest absolute Gasteiger partial charge is 0.493 e. The number of anilines is 1. The minimum atomic E-state index is -0.339. The van der Waals surface area contributed by atoms with Crippen LogP contribution >= 0.6 is 0 Å². The zero-order valence-electron chi connectivity index (χ0n) is 16.3. The molecule has 0 aliphatic heterocycles. The molecule has 1 heterocycles. The molecule has 1 aromatic heterocycles. The summed E-state index contributed by atoms with van der Waals surface area (Å²) in [4.78, 5) is 19.5. The van der Waals surface area contributed by atoms with Crippen molar-refractivity contribution in [1.29, 1.82) is 0 Å². The first-order chi connectivity index (χ1) is 13.6. The number of hydrogen-bond donors (Lipinski definition) is 0. The average molecular weight is 376 g/mol. The summed E-state index contributed by atoms with van der Waals surface area (Å²) in [7, 11) is 4.94. The predicted molar refractivity (Wildman–Crippen MR) is 110 cm³/mol. The van der Waals surface area contributed by atoms with E-state index < -0.39 is 0 Å². The van der Waals surface area contributed by atoms with Crippen molar-refractivity contribution < 1.29 is 14.3 Å². The van der Waals surface area contributed by atoms with Crippen molar-refractivity contribution in [3.8, 4) is 11.5 Å². The maximum atomic E-state index is 13.4. The molecule has 1 atom stereocenters. The molecule has 5 heteroatoms. The number of likely N-dealkylation sites (N-methyl/N-ethyl adjacent to an activating group) is 1. The third-order valence-electron chi connectivity index (χ3n) is 4.72. The minimum absolute atomic E-state index is 0.0101. The Labute approximate surface area is 165 Å². The molecule has 144 valence electrons. The first-order valence-corrected chi connectivity index (χ1v) is 9.08. The maximum Gasteiger partial charge on any atom is 0.234 e. The van der Waals surface area contributed by atoms with Crippen LogP contribution in [0.2, 0.25) is 0 Å². The number of methoxy groups -OCH3 is 2. The molecule has 2 aromatic carbocycles. The fourth-order valence-corrected chi connectivity index (χ4v) is 3.16. The van der Waals surface area contributed by atoms with E-state index in [2.05, 4.69) is 4.98 Å². The Kier molecular flexibility index (Phi) is 6.27. The third-order valence-corrected chi connectivity index (χ3v) is 4.72. The van der Waals surface area contributed by atoms with Crippen LogP contribution in [0.15, 0.2) is 72.9 Å². The molecule has 3 aromatic rings. The van der Waals surface area contributed by atoms with Crippen LogP contribution in [0.5, 0.6) is 11.5 Å². The Balaban J connectivity index is 1.92. The second-order valence-electron chi connectivity index (χ2n) is 6.43. The standard InChI is InChI=1S/C23H24N2O3/c1-25(19-12-13-21(27-2)22(16-19)28-3)23(26)20(17-9-5-4-6-10-17)15-18-11-7-8-14-24-18/h4-14,16,20H,15H2,1-3H3. The van der Waals surface area contributed by atoms with Gasteiger partial charge in [-0.1, -0.05) is 36.4 Å². The molecule has 1 amide bonds. The number of carbonyl (C=O) groups excluding carboxylic acids is 1. The van der Waals surface area contributed by atoms with Gasteiger partial charge in [-0.05, 0) is 29.8 Å². The molecule has 5 nitrogen and oxygen atoms in total. The summed E-state index contributed by atoms with van der Waals surface area (Å²) in [5.41, 5.74) is 2.58. The quantitative estimate of drug-likeness (QED) is 0.623. The fourth-order valence-electron chi connectivity index (χ4n) is 3.16. The molecule has 0 aliphatic rings. The Hall–Kier alpha value is -3.34. The number of aromatic nitrogens is 1. The van der Waals surface area contributed by atoms with E-state index in [1.54, 1.807) is 44.5 Å². The summed E-state index contributed by atoms with van der Waals surface area (Å²) >= 11 is 0. The van der Waals surface area contributed by atoms with E-state index >= 15 is 0 Å². The van der Waals surface area contributed by atoms with Crippen molar-refractivity contribution in [3.05, 3.63) is 84.2 Å². The lowest BCUT2D eigenvalue weighted by atomic mass is 9.92. The van der Waals surface area contributed by atoms with Crippen molar-refractivity contribution in [2.75, 3.05) is 26.2 Å². The van der Waals surface area contributed by atoms with Gasteiger partial charge >= 0.3 is 0 Å². The van der Waals surface area contributed by atoms with Gasteiger partial charge in [-0.15, -0.1) is 0 Å². The SMILES string of the molecule is COc1ccc(N(C)C(=O)C(Cc2ccccn2)c2ccccc2)cc1OC. The number of nitrogens with zero attached hydrogens (tertiary/aromatic N) is 2. The Morgan fingerprint density at radius 2 is 1.68 bits per heavy atom. The van der Waals surface area contributed by atoms with Gasteiger partial charge in [0.05, 0.1) is 20.1 Å². The third kappa shape index (κ3) is 4.31. The van der Waals surface area contributed by atoms with E-state index in [0.717, 1.165) is 16.9 Å². The lowest BCUT2D eigenvalue weighted by molar-refractivity contribution is -0.119. The zero-order chi connectivity index (χ0) is 19.9. The predicted octanol–water partition coefficient (Wildman–Crippen LogP) is 4.09. The van der Waals surface area contributed by atoms with Gasteiger partial charge in [0.15, 0.2) is 11.5 Å². The normalized spacial score (nSPS) is 11.5. The number of pyridine rings is 1. The number of ether oxygens (including phenoxy) is 2. The molecule has 28 heavy (non-hydrogen) atoms. The number of rotatable bonds is 7. The van der Waals surface area contributed by atoms with Crippen LogP contribution in [0.3, 0.4) is 0 Å². The van der Waals surface area contributed by atoms with Crippen molar-refractivity contribution in [2.24, 2.45) is 0 Å². The Bertz CT molecular complexity index is 914. The molecular formula is C23H24N2O3. The van der Waals surface area contributed by atoms with Gasteiger partial charge in [0.25, 0.3) is 0 Å². The van der Waals surface area contributed by atoms with Crippen LogP contribution in [-0.4, -0.2) is 32.2 Å². The van der Waals surface area contributed by atoms with E-state index in [-0.39, 0.29) is 11.8 Å². The molecule has 0 bridgehead atoms. The lowest BCUT2D eigenvalue weighted by Gasteiger charge is -2.25. The first-order valence-electron chi connectivity index (χ1n) is 9.08. The van der Waals surface area contributed by atoms with Crippen molar-refractivity contribution >= 4 is 11.6 Å². The second-order valence-corrected chi connectivity index (χ2v) is 6.43. The number of hydrogen-bond acceptors (Lipinski definition) is 4. The molecule has 0 aliphatic carbocycles. The molecule has 0 radical (unpaired) electrons.